The minimum atomic E-state index is 0.389. The number of rotatable bonds is 0. The third-order valence-corrected chi connectivity index (χ3v) is 7.26. The number of nitrogens with zero attached hydrogens (tertiary/aromatic N) is 6. The molecule has 1 aromatic heterocycles. The quantitative estimate of drug-likeness (QED) is 0.485. The molecule has 1 saturated carbocycles. The van der Waals surface area contributed by atoms with Gasteiger partial charge in [0.05, 0.1) is 30.1 Å². The number of hydrogen-bond acceptors (Lipinski definition) is 7. The molecule has 0 radical (unpaired) electrons. The summed E-state index contributed by atoms with van der Waals surface area (Å²) in [7, 11) is 0. The molecule has 33 heavy (non-hydrogen) atoms. The molecule has 1 fully saturated rings. The van der Waals surface area contributed by atoms with E-state index in [2.05, 4.69) is 56.1 Å². The number of anilines is 4. The Morgan fingerprint density at radius 3 is 2.48 bits per heavy atom. The van der Waals surface area contributed by atoms with Gasteiger partial charge in [-0.3, -0.25) is 0 Å². The van der Waals surface area contributed by atoms with Gasteiger partial charge in [0.1, 0.15) is 24.5 Å². The molecular formula is C26H26N6O. The standard InChI is InChI=1S/C26H26N6O/c1-2-11-24-23(10-1)29-16-28-32(17-29)20-7-4-9-22(15-20)33-21-8-3-6-19(14-21)30-18-31(24)26-25(30)12-5-13-27-26/h3-9,12-16,23-24H,1-2,10-11,17-18H2. The van der Waals surface area contributed by atoms with Gasteiger partial charge in [-0.25, -0.2) is 9.99 Å². The molecule has 2 unspecified atom stereocenters. The lowest BCUT2D eigenvalue weighted by Gasteiger charge is -2.42. The first kappa shape index (κ1) is 18.8. The first-order chi connectivity index (χ1) is 16.3. The lowest BCUT2D eigenvalue weighted by Crippen LogP contribution is -2.54. The van der Waals surface area contributed by atoms with E-state index in [9.17, 15) is 0 Å². The van der Waals surface area contributed by atoms with Crippen molar-refractivity contribution >= 4 is 29.2 Å². The highest BCUT2D eigenvalue weighted by Crippen LogP contribution is 2.44. The van der Waals surface area contributed by atoms with Crippen molar-refractivity contribution in [2.75, 3.05) is 28.1 Å². The number of pyridine rings is 1. The van der Waals surface area contributed by atoms with Gasteiger partial charge in [-0.1, -0.05) is 25.0 Å². The molecule has 3 aliphatic heterocycles. The van der Waals surface area contributed by atoms with Crippen molar-refractivity contribution in [3.05, 3.63) is 66.9 Å². The number of hydrogen-bond donors (Lipinski definition) is 0. The van der Waals surface area contributed by atoms with Gasteiger partial charge < -0.3 is 19.4 Å². The number of benzene rings is 2. The maximum absolute atomic E-state index is 6.28. The fraction of sp³-hybridized carbons (Fsp3) is 0.308. The van der Waals surface area contributed by atoms with Crippen molar-refractivity contribution in [2.24, 2.45) is 5.10 Å². The molecule has 0 spiro atoms. The normalized spacial score (nSPS) is 22.9. The monoisotopic (exact) mass is 438 g/mol. The Kier molecular flexibility index (Phi) is 4.22. The van der Waals surface area contributed by atoms with E-state index in [-0.39, 0.29) is 0 Å². The third kappa shape index (κ3) is 3.10. The highest BCUT2D eigenvalue weighted by molar-refractivity contribution is 5.80. The molecule has 3 aromatic rings. The van der Waals surface area contributed by atoms with Crippen LogP contribution in [0.15, 0.2) is 72.0 Å². The largest absolute Gasteiger partial charge is 0.457 e. The smallest absolute Gasteiger partial charge is 0.154 e. The van der Waals surface area contributed by atoms with Crippen molar-refractivity contribution in [1.82, 2.24) is 9.88 Å². The average Bonchev–Trinajstić information content (AvgIpc) is 3.50. The SMILES string of the molecule is C1=NN2CN1C1CCCCC1N1CN(c3cccc(c3)Oc3cccc2c3)c2cccnc21. The van der Waals surface area contributed by atoms with Gasteiger partial charge >= 0.3 is 0 Å². The zero-order valence-electron chi connectivity index (χ0n) is 18.4. The lowest BCUT2D eigenvalue weighted by atomic mass is 9.88. The van der Waals surface area contributed by atoms with Crippen LogP contribution in [0.5, 0.6) is 11.5 Å². The van der Waals surface area contributed by atoms with Crippen molar-refractivity contribution < 1.29 is 4.74 Å². The summed E-state index contributed by atoms with van der Waals surface area (Å²) in [5, 5.41) is 6.82. The molecule has 8 bridgehead atoms. The molecule has 2 aromatic carbocycles. The van der Waals surface area contributed by atoms with Crippen LogP contribution in [-0.4, -0.2) is 41.6 Å². The van der Waals surface area contributed by atoms with Crippen LogP contribution in [0.3, 0.4) is 0 Å². The van der Waals surface area contributed by atoms with Crippen LogP contribution in [0.2, 0.25) is 0 Å². The topological polar surface area (TPSA) is 47.4 Å². The molecule has 4 heterocycles. The molecule has 166 valence electrons. The Morgan fingerprint density at radius 1 is 0.818 bits per heavy atom. The highest BCUT2D eigenvalue weighted by Gasteiger charge is 2.40. The van der Waals surface area contributed by atoms with Crippen molar-refractivity contribution in [3.8, 4) is 11.5 Å². The van der Waals surface area contributed by atoms with Crippen molar-refractivity contribution in [3.63, 3.8) is 0 Å². The Labute approximate surface area is 193 Å². The summed E-state index contributed by atoms with van der Waals surface area (Å²) < 4.78 is 6.28. The van der Waals surface area contributed by atoms with Crippen molar-refractivity contribution in [1.29, 1.82) is 0 Å². The lowest BCUT2D eigenvalue weighted by molar-refractivity contribution is 0.223. The molecule has 7 rings (SSSR count). The molecular weight excluding hydrogens is 412 g/mol. The summed E-state index contributed by atoms with van der Waals surface area (Å²) in [6.45, 7) is 1.55. The second-order valence-corrected chi connectivity index (χ2v) is 9.19. The summed E-state index contributed by atoms with van der Waals surface area (Å²) in [6, 6.07) is 21.6. The second-order valence-electron chi connectivity index (χ2n) is 9.19. The second kappa shape index (κ2) is 7.40. The fourth-order valence-electron chi connectivity index (χ4n) is 5.69. The molecule has 4 aliphatic rings. The minimum absolute atomic E-state index is 0.389. The van der Waals surface area contributed by atoms with Crippen LogP contribution in [0.4, 0.5) is 22.9 Å². The first-order valence-electron chi connectivity index (χ1n) is 11.8. The molecule has 2 atom stereocenters. The number of ether oxygens (including phenoxy) is 1. The van der Waals surface area contributed by atoms with Gasteiger partial charge in [0.15, 0.2) is 5.82 Å². The van der Waals surface area contributed by atoms with Crippen LogP contribution in [0.25, 0.3) is 0 Å². The molecule has 0 amide bonds. The van der Waals surface area contributed by atoms with Crippen LogP contribution in [0.1, 0.15) is 25.7 Å². The van der Waals surface area contributed by atoms with E-state index in [0.717, 1.165) is 54.1 Å². The van der Waals surface area contributed by atoms with E-state index in [1.807, 2.05) is 36.8 Å². The van der Waals surface area contributed by atoms with E-state index in [4.69, 9.17) is 14.8 Å². The van der Waals surface area contributed by atoms with Gasteiger partial charge in [-0.2, -0.15) is 5.10 Å². The zero-order chi connectivity index (χ0) is 21.8. The van der Waals surface area contributed by atoms with Gasteiger partial charge in [0.25, 0.3) is 0 Å². The van der Waals surface area contributed by atoms with E-state index in [1.165, 1.54) is 19.3 Å². The Hall–Kier alpha value is -3.74. The summed E-state index contributed by atoms with van der Waals surface area (Å²) >= 11 is 0. The molecule has 1 aliphatic carbocycles. The fourth-order valence-corrected chi connectivity index (χ4v) is 5.69. The summed E-state index contributed by atoms with van der Waals surface area (Å²) in [4.78, 5) is 12.1. The van der Waals surface area contributed by atoms with Crippen LogP contribution in [0, 0.1) is 0 Å². The van der Waals surface area contributed by atoms with Crippen LogP contribution < -0.4 is 19.5 Å². The van der Waals surface area contributed by atoms with E-state index >= 15 is 0 Å². The van der Waals surface area contributed by atoms with Crippen LogP contribution in [-0.2, 0) is 0 Å². The summed E-state index contributed by atoms with van der Waals surface area (Å²) in [6.07, 6.45) is 8.78. The molecule has 0 N–H and O–H groups in total. The molecule has 0 saturated heterocycles. The summed E-state index contributed by atoms with van der Waals surface area (Å²) in [5.74, 6) is 2.71. The average molecular weight is 439 g/mol. The summed E-state index contributed by atoms with van der Waals surface area (Å²) in [5.41, 5.74) is 3.32. The van der Waals surface area contributed by atoms with E-state index in [1.54, 1.807) is 0 Å². The van der Waals surface area contributed by atoms with Gasteiger partial charge in [0, 0.05) is 24.0 Å². The van der Waals surface area contributed by atoms with Crippen LogP contribution >= 0.6 is 0 Å². The van der Waals surface area contributed by atoms with Gasteiger partial charge in [-0.15, -0.1) is 0 Å². The zero-order valence-corrected chi connectivity index (χ0v) is 18.4. The Balaban J connectivity index is 1.38. The Morgan fingerprint density at radius 2 is 1.61 bits per heavy atom. The maximum atomic E-state index is 6.28. The number of fused-ring (bicyclic) bond motifs is 16. The first-order valence-corrected chi connectivity index (χ1v) is 11.8. The minimum Gasteiger partial charge on any atom is -0.457 e. The maximum Gasteiger partial charge on any atom is 0.154 e. The predicted molar refractivity (Wildman–Crippen MR) is 130 cm³/mol. The highest BCUT2D eigenvalue weighted by atomic mass is 16.5. The number of aromatic nitrogens is 1. The van der Waals surface area contributed by atoms with E-state index in [0.29, 0.717) is 12.1 Å². The van der Waals surface area contributed by atoms with E-state index < -0.39 is 0 Å². The molecule has 7 heteroatoms. The van der Waals surface area contributed by atoms with Gasteiger partial charge in [-0.05, 0) is 49.2 Å². The molecule has 7 nitrogen and oxygen atoms in total. The van der Waals surface area contributed by atoms with Gasteiger partial charge in [0.2, 0.25) is 0 Å². The van der Waals surface area contributed by atoms with Crippen molar-refractivity contribution in [2.45, 2.75) is 37.8 Å². The Bertz CT molecular complexity index is 1230. The predicted octanol–water partition coefficient (Wildman–Crippen LogP) is 5.14. The number of hydrazone groups is 1. The third-order valence-electron chi connectivity index (χ3n) is 7.26.